The van der Waals surface area contributed by atoms with E-state index >= 15 is 0 Å². The zero-order chi connectivity index (χ0) is 15.6. The molecule has 21 heavy (non-hydrogen) atoms. The van der Waals surface area contributed by atoms with Crippen molar-refractivity contribution in [3.63, 3.8) is 0 Å². The van der Waals surface area contributed by atoms with Crippen LogP contribution in [0.15, 0.2) is 6.07 Å². The Morgan fingerprint density at radius 3 is 2.52 bits per heavy atom. The zero-order valence-corrected chi connectivity index (χ0v) is 14.4. The van der Waals surface area contributed by atoms with Gasteiger partial charge in [0, 0.05) is 23.5 Å². The standard InChI is InChI=1S/C17H27ClN2O/c1-5-19-8-6-15(7-9-19)11-20-12(2)10-16(14(20)4)17(21)13(3)18/h10,13,15H,5-9,11H2,1-4H3. The molecule has 0 spiro atoms. The smallest absolute Gasteiger partial charge is 0.182 e. The number of alkyl halides is 1. The molecule has 0 radical (unpaired) electrons. The Morgan fingerprint density at radius 1 is 1.38 bits per heavy atom. The summed E-state index contributed by atoms with van der Waals surface area (Å²) in [5.41, 5.74) is 3.04. The maximum atomic E-state index is 12.2. The Labute approximate surface area is 133 Å². The molecule has 0 bridgehead atoms. The first-order valence-electron chi connectivity index (χ1n) is 8.01. The lowest BCUT2D eigenvalue weighted by Crippen LogP contribution is -2.34. The van der Waals surface area contributed by atoms with Gasteiger partial charge in [-0.3, -0.25) is 4.79 Å². The number of nitrogens with zero attached hydrogens (tertiary/aromatic N) is 2. The third-order valence-corrected chi connectivity index (χ3v) is 4.99. The maximum Gasteiger partial charge on any atom is 0.182 e. The molecule has 1 saturated heterocycles. The number of halogens is 1. The lowest BCUT2D eigenvalue weighted by atomic mass is 9.96. The molecule has 1 aromatic rings. The molecule has 0 aromatic carbocycles. The van der Waals surface area contributed by atoms with Crippen LogP contribution >= 0.6 is 11.6 Å². The van der Waals surface area contributed by atoms with Crippen molar-refractivity contribution in [1.82, 2.24) is 9.47 Å². The second-order valence-electron chi connectivity index (χ2n) is 6.25. The summed E-state index contributed by atoms with van der Waals surface area (Å²) >= 11 is 5.96. The molecule has 1 aromatic heterocycles. The summed E-state index contributed by atoms with van der Waals surface area (Å²) in [5.74, 6) is 0.755. The van der Waals surface area contributed by atoms with Crippen LogP contribution in [0.4, 0.5) is 0 Å². The largest absolute Gasteiger partial charge is 0.348 e. The number of aryl methyl sites for hydroxylation is 1. The number of Topliss-reactive ketones (excluding diaryl/α,β-unsaturated/α-hetero) is 1. The fourth-order valence-corrected chi connectivity index (χ4v) is 3.41. The first-order chi connectivity index (χ1) is 9.93. The van der Waals surface area contributed by atoms with Crippen LogP contribution in [-0.4, -0.2) is 40.3 Å². The van der Waals surface area contributed by atoms with Crippen LogP contribution in [0.2, 0.25) is 0 Å². The fourth-order valence-electron chi connectivity index (χ4n) is 3.29. The quantitative estimate of drug-likeness (QED) is 0.613. The van der Waals surface area contributed by atoms with Gasteiger partial charge in [-0.2, -0.15) is 0 Å². The van der Waals surface area contributed by atoms with Crippen molar-refractivity contribution in [2.45, 2.75) is 52.5 Å². The Kier molecular flexibility index (Phi) is 5.50. The van der Waals surface area contributed by atoms with E-state index in [4.69, 9.17) is 11.6 Å². The van der Waals surface area contributed by atoms with Crippen LogP contribution in [-0.2, 0) is 6.54 Å². The van der Waals surface area contributed by atoms with Gasteiger partial charge >= 0.3 is 0 Å². The van der Waals surface area contributed by atoms with Crippen LogP contribution in [0.25, 0.3) is 0 Å². The van der Waals surface area contributed by atoms with Crippen LogP contribution in [0.1, 0.15) is 48.4 Å². The monoisotopic (exact) mass is 310 g/mol. The van der Waals surface area contributed by atoms with E-state index in [0.29, 0.717) is 5.92 Å². The molecular weight excluding hydrogens is 284 g/mol. The van der Waals surface area contributed by atoms with Crippen molar-refractivity contribution in [1.29, 1.82) is 0 Å². The first kappa shape index (κ1) is 16.6. The van der Waals surface area contributed by atoms with Gasteiger partial charge in [-0.05, 0) is 65.2 Å². The van der Waals surface area contributed by atoms with E-state index in [1.54, 1.807) is 6.92 Å². The third kappa shape index (κ3) is 3.70. The van der Waals surface area contributed by atoms with E-state index < -0.39 is 5.38 Å². The maximum absolute atomic E-state index is 12.2. The van der Waals surface area contributed by atoms with Crippen molar-refractivity contribution in [3.05, 3.63) is 23.0 Å². The second-order valence-corrected chi connectivity index (χ2v) is 6.91. The minimum Gasteiger partial charge on any atom is -0.348 e. The summed E-state index contributed by atoms with van der Waals surface area (Å²) in [6.07, 6.45) is 2.50. The number of carbonyl (C=O) groups is 1. The fraction of sp³-hybridized carbons (Fsp3) is 0.706. The number of rotatable bonds is 5. The normalized spacial score (nSPS) is 18.9. The molecule has 0 N–H and O–H groups in total. The van der Waals surface area contributed by atoms with E-state index in [0.717, 1.165) is 24.3 Å². The van der Waals surface area contributed by atoms with E-state index in [1.807, 2.05) is 13.0 Å². The van der Waals surface area contributed by atoms with Gasteiger partial charge in [-0.1, -0.05) is 6.92 Å². The average Bonchev–Trinajstić information content (AvgIpc) is 2.75. The van der Waals surface area contributed by atoms with Crippen molar-refractivity contribution < 1.29 is 4.79 Å². The molecule has 4 heteroatoms. The predicted octanol–water partition coefficient (Wildman–Crippen LogP) is 3.65. The van der Waals surface area contributed by atoms with Crippen molar-refractivity contribution in [3.8, 4) is 0 Å². The van der Waals surface area contributed by atoms with Gasteiger partial charge in [-0.25, -0.2) is 0 Å². The minimum atomic E-state index is -0.452. The minimum absolute atomic E-state index is 0.0387. The Hall–Kier alpha value is -0.800. The van der Waals surface area contributed by atoms with Gasteiger partial charge < -0.3 is 9.47 Å². The molecular formula is C17H27ClN2O. The number of hydrogen-bond donors (Lipinski definition) is 0. The summed E-state index contributed by atoms with van der Waals surface area (Å²) in [6, 6.07) is 2.00. The van der Waals surface area contributed by atoms with Gasteiger partial charge in [0.15, 0.2) is 5.78 Å². The highest BCUT2D eigenvalue weighted by Gasteiger charge is 2.23. The molecule has 1 aliphatic rings. The molecule has 1 aliphatic heterocycles. The number of hydrogen-bond acceptors (Lipinski definition) is 2. The highest BCUT2D eigenvalue weighted by Crippen LogP contribution is 2.24. The first-order valence-corrected chi connectivity index (χ1v) is 8.45. The van der Waals surface area contributed by atoms with Crippen molar-refractivity contribution in [2.24, 2.45) is 5.92 Å². The summed E-state index contributed by atoms with van der Waals surface area (Å²) in [4.78, 5) is 14.7. The van der Waals surface area contributed by atoms with Crippen LogP contribution in [0, 0.1) is 19.8 Å². The second kappa shape index (κ2) is 6.97. The number of aromatic nitrogens is 1. The molecule has 118 valence electrons. The third-order valence-electron chi connectivity index (χ3n) is 4.80. The molecule has 0 saturated carbocycles. The number of likely N-dealkylation sites (tertiary alicyclic amines) is 1. The Balaban J connectivity index is 2.09. The average molecular weight is 311 g/mol. The number of carbonyl (C=O) groups excluding carboxylic acids is 1. The van der Waals surface area contributed by atoms with Crippen LogP contribution < -0.4 is 0 Å². The molecule has 0 amide bonds. The molecule has 1 unspecified atom stereocenters. The summed E-state index contributed by atoms with van der Waals surface area (Å²) in [5, 5.41) is -0.452. The van der Waals surface area contributed by atoms with Gasteiger partial charge in [-0.15, -0.1) is 11.6 Å². The van der Waals surface area contributed by atoms with Gasteiger partial charge in [0.2, 0.25) is 0 Å². The van der Waals surface area contributed by atoms with Crippen LogP contribution in [0.5, 0.6) is 0 Å². The van der Waals surface area contributed by atoms with E-state index in [-0.39, 0.29) is 5.78 Å². The molecule has 2 heterocycles. The van der Waals surface area contributed by atoms with Gasteiger partial charge in [0.05, 0.1) is 5.38 Å². The highest BCUT2D eigenvalue weighted by molar-refractivity contribution is 6.33. The van der Waals surface area contributed by atoms with E-state index in [2.05, 4.69) is 23.3 Å². The molecule has 3 nitrogen and oxygen atoms in total. The molecule has 1 fully saturated rings. The molecule has 2 rings (SSSR count). The zero-order valence-electron chi connectivity index (χ0n) is 13.7. The van der Waals surface area contributed by atoms with E-state index in [9.17, 15) is 4.79 Å². The highest BCUT2D eigenvalue weighted by atomic mass is 35.5. The summed E-state index contributed by atoms with van der Waals surface area (Å²) in [6.45, 7) is 12.7. The molecule has 1 atom stereocenters. The van der Waals surface area contributed by atoms with Crippen molar-refractivity contribution in [2.75, 3.05) is 19.6 Å². The predicted molar refractivity (Wildman–Crippen MR) is 88.4 cm³/mol. The number of piperidine rings is 1. The lowest BCUT2D eigenvalue weighted by molar-refractivity contribution is 0.0991. The summed E-state index contributed by atoms with van der Waals surface area (Å²) in [7, 11) is 0. The Bertz CT molecular complexity index is 499. The van der Waals surface area contributed by atoms with Crippen molar-refractivity contribution >= 4 is 17.4 Å². The summed E-state index contributed by atoms with van der Waals surface area (Å²) < 4.78 is 2.30. The SMILES string of the molecule is CCN1CCC(Cn2c(C)cc(C(=O)C(C)Cl)c2C)CC1. The Morgan fingerprint density at radius 2 is 2.00 bits per heavy atom. The lowest BCUT2D eigenvalue weighted by Gasteiger charge is -2.31. The topological polar surface area (TPSA) is 25.2 Å². The van der Waals surface area contributed by atoms with Gasteiger partial charge in [0.25, 0.3) is 0 Å². The van der Waals surface area contributed by atoms with E-state index in [1.165, 1.54) is 31.6 Å². The number of ketones is 1. The van der Waals surface area contributed by atoms with Gasteiger partial charge in [0.1, 0.15) is 0 Å². The molecule has 0 aliphatic carbocycles. The van der Waals surface area contributed by atoms with Crippen LogP contribution in [0.3, 0.4) is 0 Å².